The fourth-order valence-electron chi connectivity index (χ4n) is 3.92. The lowest BCUT2D eigenvalue weighted by Gasteiger charge is -2.32. The van der Waals surface area contributed by atoms with Crippen molar-refractivity contribution in [1.29, 1.82) is 0 Å². The van der Waals surface area contributed by atoms with Gasteiger partial charge in [-0.2, -0.15) is 0 Å². The van der Waals surface area contributed by atoms with Crippen LogP contribution in [0.15, 0.2) is 29.4 Å². The predicted octanol–water partition coefficient (Wildman–Crippen LogP) is 2.61. The lowest BCUT2D eigenvalue weighted by molar-refractivity contribution is -0.151. The molecule has 0 aliphatic carbocycles. The molecule has 2 atom stereocenters. The Labute approximate surface area is 191 Å². The maximum absolute atomic E-state index is 12.9. The first-order chi connectivity index (χ1) is 15.5. The van der Waals surface area contributed by atoms with Crippen LogP contribution >= 0.6 is 11.8 Å². The summed E-state index contributed by atoms with van der Waals surface area (Å²) in [6.45, 7) is 5.52. The summed E-state index contributed by atoms with van der Waals surface area (Å²) in [6.07, 6.45) is 0.900. The Kier molecular flexibility index (Phi) is 6.88. The Morgan fingerprint density at radius 3 is 2.66 bits per heavy atom. The topological polar surface area (TPSA) is 95.8 Å². The van der Waals surface area contributed by atoms with E-state index in [1.54, 1.807) is 6.92 Å². The molecule has 0 N–H and O–H groups in total. The van der Waals surface area contributed by atoms with Crippen LogP contribution in [0.25, 0.3) is 0 Å². The monoisotopic (exact) mass is 460 g/mol. The van der Waals surface area contributed by atoms with Crippen molar-refractivity contribution in [2.75, 3.05) is 26.3 Å². The number of esters is 1. The van der Waals surface area contributed by atoms with Gasteiger partial charge in [-0.15, -0.1) is 10.2 Å². The average molecular weight is 461 g/mol. The first-order valence-corrected chi connectivity index (χ1v) is 11.8. The van der Waals surface area contributed by atoms with Crippen molar-refractivity contribution in [3.63, 3.8) is 0 Å². The van der Waals surface area contributed by atoms with Gasteiger partial charge in [0.1, 0.15) is 6.61 Å². The average Bonchev–Trinajstić information content (AvgIpc) is 3.18. The molecule has 2 unspecified atom stereocenters. The maximum atomic E-state index is 12.9. The summed E-state index contributed by atoms with van der Waals surface area (Å²) in [5.41, 5.74) is 0. The molecule has 1 aromatic heterocycles. The zero-order valence-electron chi connectivity index (χ0n) is 18.5. The van der Waals surface area contributed by atoms with Gasteiger partial charge in [0, 0.05) is 20.1 Å². The number of fused-ring (bicyclic) bond motifs is 1. The minimum atomic E-state index is -0.371. The zero-order valence-corrected chi connectivity index (χ0v) is 19.3. The lowest BCUT2D eigenvalue weighted by Crippen LogP contribution is -2.43. The van der Waals surface area contributed by atoms with Crippen molar-refractivity contribution < 1.29 is 23.8 Å². The predicted molar refractivity (Wildman–Crippen MR) is 118 cm³/mol. The van der Waals surface area contributed by atoms with Crippen LogP contribution in [-0.2, 0) is 21.4 Å². The molecule has 1 amide bonds. The van der Waals surface area contributed by atoms with Crippen molar-refractivity contribution in [2.45, 2.75) is 43.2 Å². The molecule has 9 nitrogen and oxygen atoms in total. The highest BCUT2D eigenvalue weighted by Crippen LogP contribution is 2.36. The molecule has 10 heteroatoms. The molecule has 2 aromatic rings. The molecule has 3 heterocycles. The number of ether oxygens (including phenoxy) is 3. The maximum Gasteiger partial charge on any atom is 0.309 e. The number of piperidine rings is 1. The number of benzene rings is 1. The molecule has 1 fully saturated rings. The van der Waals surface area contributed by atoms with E-state index in [1.807, 2.05) is 47.7 Å². The summed E-state index contributed by atoms with van der Waals surface area (Å²) in [4.78, 5) is 26.7. The van der Waals surface area contributed by atoms with E-state index in [4.69, 9.17) is 14.2 Å². The van der Waals surface area contributed by atoms with Crippen LogP contribution in [0, 0.1) is 5.92 Å². The molecule has 0 bridgehead atoms. The second kappa shape index (κ2) is 9.81. The van der Waals surface area contributed by atoms with Crippen molar-refractivity contribution in [1.82, 2.24) is 19.7 Å². The molecule has 2 aliphatic heterocycles. The Morgan fingerprint density at radius 1 is 1.22 bits per heavy atom. The van der Waals surface area contributed by atoms with E-state index in [0.717, 1.165) is 0 Å². The van der Waals surface area contributed by atoms with Gasteiger partial charge in [-0.1, -0.05) is 23.9 Å². The minimum absolute atomic E-state index is 0.0352. The van der Waals surface area contributed by atoms with Crippen LogP contribution < -0.4 is 9.47 Å². The number of hydrogen-bond donors (Lipinski definition) is 0. The highest BCUT2D eigenvalue weighted by Gasteiger charge is 2.32. The molecule has 32 heavy (non-hydrogen) atoms. The number of rotatable bonds is 6. The van der Waals surface area contributed by atoms with E-state index >= 15 is 0 Å². The molecule has 0 spiro atoms. The molecule has 2 aliphatic rings. The standard InChI is InChI=1S/C22H28N4O5S/c1-4-29-21(28)15-9-11-26(12-10-15)20(27)14(2)32-22-24-23-19(25(22)3)18-13-30-16-7-5-6-8-17(16)31-18/h5-8,14-15,18H,4,9-13H2,1-3H3. The summed E-state index contributed by atoms with van der Waals surface area (Å²) in [7, 11) is 1.86. The van der Waals surface area contributed by atoms with Gasteiger partial charge in [0.25, 0.3) is 0 Å². The molecule has 0 radical (unpaired) electrons. The van der Waals surface area contributed by atoms with E-state index in [0.29, 0.717) is 61.6 Å². The number of aromatic nitrogens is 3. The number of carbonyl (C=O) groups is 2. The van der Waals surface area contributed by atoms with E-state index < -0.39 is 0 Å². The van der Waals surface area contributed by atoms with Gasteiger partial charge in [0.15, 0.2) is 28.6 Å². The van der Waals surface area contributed by atoms with Gasteiger partial charge in [-0.05, 0) is 38.8 Å². The number of nitrogens with zero attached hydrogens (tertiary/aromatic N) is 4. The van der Waals surface area contributed by atoms with Gasteiger partial charge in [0.05, 0.1) is 17.8 Å². The highest BCUT2D eigenvalue weighted by molar-refractivity contribution is 8.00. The van der Waals surface area contributed by atoms with Crippen LogP contribution in [-0.4, -0.2) is 63.1 Å². The number of amides is 1. The van der Waals surface area contributed by atoms with E-state index in [2.05, 4.69) is 10.2 Å². The van der Waals surface area contributed by atoms with Crippen LogP contribution in [0.5, 0.6) is 11.5 Å². The van der Waals surface area contributed by atoms with Crippen LogP contribution in [0.4, 0.5) is 0 Å². The number of para-hydroxylation sites is 2. The molecule has 0 saturated carbocycles. The Morgan fingerprint density at radius 2 is 1.94 bits per heavy atom. The smallest absolute Gasteiger partial charge is 0.309 e. The SMILES string of the molecule is CCOC(=O)C1CCN(C(=O)C(C)Sc2nnc(C3COc4ccccc4O3)n2C)CC1. The third-order valence-electron chi connectivity index (χ3n) is 5.72. The molecular weight excluding hydrogens is 432 g/mol. The van der Waals surface area contributed by atoms with E-state index in [9.17, 15) is 9.59 Å². The summed E-state index contributed by atoms with van der Waals surface area (Å²) in [6, 6.07) is 7.52. The van der Waals surface area contributed by atoms with Gasteiger partial charge in [-0.25, -0.2) is 0 Å². The van der Waals surface area contributed by atoms with Gasteiger partial charge in [-0.3, -0.25) is 9.59 Å². The van der Waals surface area contributed by atoms with Gasteiger partial charge in [0.2, 0.25) is 5.91 Å². The number of hydrogen-bond acceptors (Lipinski definition) is 8. The summed E-state index contributed by atoms with van der Waals surface area (Å²) in [5, 5.41) is 8.89. The second-order valence-corrected chi connectivity index (χ2v) is 9.18. The van der Waals surface area contributed by atoms with E-state index in [-0.39, 0.29) is 29.1 Å². The first kappa shape index (κ1) is 22.4. The molecule has 1 aromatic carbocycles. The Bertz CT molecular complexity index is 973. The summed E-state index contributed by atoms with van der Waals surface area (Å²) in [5.74, 6) is 1.79. The third-order valence-corrected chi connectivity index (χ3v) is 6.84. The van der Waals surface area contributed by atoms with Crippen LogP contribution in [0.3, 0.4) is 0 Å². The second-order valence-electron chi connectivity index (χ2n) is 7.88. The normalized spacial score (nSPS) is 19.5. The third kappa shape index (κ3) is 4.69. The Balaban J connectivity index is 1.34. The van der Waals surface area contributed by atoms with Crippen molar-refractivity contribution in [3.8, 4) is 11.5 Å². The molecule has 1 saturated heterocycles. The van der Waals surface area contributed by atoms with Crippen molar-refractivity contribution in [3.05, 3.63) is 30.1 Å². The van der Waals surface area contributed by atoms with Gasteiger partial charge >= 0.3 is 5.97 Å². The molecule has 4 rings (SSSR count). The van der Waals surface area contributed by atoms with Gasteiger partial charge < -0.3 is 23.7 Å². The zero-order chi connectivity index (χ0) is 22.7. The Hall–Kier alpha value is -2.75. The first-order valence-electron chi connectivity index (χ1n) is 10.9. The van der Waals surface area contributed by atoms with E-state index in [1.165, 1.54) is 11.8 Å². The fraction of sp³-hybridized carbons (Fsp3) is 0.545. The molecular formula is C22H28N4O5S. The number of carbonyl (C=O) groups excluding carboxylic acids is 2. The summed E-state index contributed by atoms with van der Waals surface area (Å²) >= 11 is 1.37. The highest BCUT2D eigenvalue weighted by atomic mass is 32.2. The summed E-state index contributed by atoms with van der Waals surface area (Å²) < 4.78 is 18.8. The lowest BCUT2D eigenvalue weighted by atomic mass is 9.97. The van der Waals surface area contributed by atoms with Crippen molar-refractivity contribution in [2.24, 2.45) is 13.0 Å². The number of likely N-dealkylation sites (tertiary alicyclic amines) is 1. The molecule has 172 valence electrons. The van der Waals surface area contributed by atoms with Crippen molar-refractivity contribution >= 4 is 23.6 Å². The fourth-order valence-corrected chi connectivity index (χ4v) is 4.82. The van der Waals surface area contributed by atoms with Crippen LogP contribution in [0.2, 0.25) is 0 Å². The minimum Gasteiger partial charge on any atom is -0.485 e. The van der Waals surface area contributed by atoms with Crippen LogP contribution in [0.1, 0.15) is 38.6 Å². The largest absolute Gasteiger partial charge is 0.485 e. The number of thioether (sulfide) groups is 1. The quantitative estimate of drug-likeness (QED) is 0.480.